The summed E-state index contributed by atoms with van der Waals surface area (Å²) < 4.78 is 0. The Hall–Kier alpha value is -0.330. The van der Waals surface area contributed by atoms with Crippen molar-refractivity contribution in [3.05, 3.63) is 0 Å². The van der Waals surface area contributed by atoms with Crippen LogP contribution in [0.1, 0.15) is 85.0 Å². The van der Waals surface area contributed by atoms with Crippen LogP contribution in [0.15, 0.2) is 0 Å². The zero-order valence-corrected chi connectivity index (χ0v) is 15.5. The van der Waals surface area contributed by atoms with Crippen molar-refractivity contribution >= 4 is 6.29 Å². The van der Waals surface area contributed by atoms with Gasteiger partial charge in [-0.3, -0.25) is 0 Å². The maximum Gasteiger partial charge on any atom is 0.123 e. The lowest BCUT2D eigenvalue weighted by molar-refractivity contribution is -0.128. The standard InChI is InChI=1S/C22H36O/c1-4-16-6-8-19-18-7-5-17-13-15(14-23)9-11-22(17,3)20(18)10-12-21(16,19)2/h14-20H,4-13H2,1-3H3/t15?,16-,17?,18-,19-,20-,21+,22-/m0/s1. The summed E-state index contributed by atoms with van der Waals surface area (Å²) in [6.45, 7) is 7.68. The molecule has 4 fully saturated rings. The summed E-state index contributed by atoms with van der Waals surface area (Å²) in [6, 6.07) is 0. The highest BCUT2D eigenvalue weighted by molar-refractivity contribution is 5.53. The Bertz CT molecular complexity index is 471. The second-order valence-corrected chi connectivity index (χ2v) is 10.1. The smallest absolute Gasteiger partial charge is 0.123 e. The van der Waals surface area contributed by atoms with Crippen molar-refractivity contribution in [2.75, 3.05) is 0 Å². The Morgan fingerprint density at radius 1 is 0.913 bits per heavy atom. The molecule has 4 rings (SSSR count). The summed E-state index contributed by atoms with van der Waals surface area (Å²) in [5.74, 6) is 5.16. The molecule has 4 aliphatic rings. The Morgan fingerprint density at radius 2 is 1.65 bits per heavy atom. The van der Waals surface area contributed by atoms with E-state index in [9.17, 15) is 4.79 Å². The lowest BCUT2D eigenvalue weighted by Gasteiger charge is -2.61. The highest BCUT2D eigenvalue weighted by atomic mass is 16.1. The number of aldehydes is 1. The van der Waals surface area contributed by atoms with E-state index in [1.54, 1.807) is 0 Å². The van der Waals surface area contributed by atoms with Crippen molar-refractivity contribution in [2.45, 2.75) is 85.0 Å². The number of carbonyl (C=O) groups is 1. The first-order valence-corrected chi connectivity index (χ1v) is 10.5. The zero-order valence-electron chi connectivity index (χ0n) is 15.5. The lowest BCUT2D eigenvalue weighted by Crippen LogP contribution is -2.53. The first-order valence-electron chi connectivity index (χ1n) is 10.5. The molecule has 0 aromatic heterocycles. The zero-order chi connectivity index (χ0) is 16.2. The molecule has 23 heavy (non-hydrogen) atoms. The van der Waals surface area contributed by atoms with Gasteiger partial charge in [-0.25, -0.2) is 0 Å². The molecule has 0 aliphatic heterocycles. The third-order valence-electron chi connectivity index (χ3n) is 9.59. The van der Waals surface area contributed by atoms with Crippen LogP contribution in [0.5, 0.6) is 0 Å². The molecule has 0 bridgehead atoms. The molecule has 0 aromatic carbocycles. The van der Waals surface area contributed by atoms with Crippen LogP contribution < -0.4 is 0 Å². The van der Waals surface area contributed by atoms with Gasteiger partial charge in [0.2, 0.25) is 0 Å². The fourth-order valence-electron chi connectivity index (χ4n) is 8.19. The molecule has 0 heterocycles. The van der Waals surface area contributed by atoms with Crippen molar-refractivity contribution in [1.82, 2.24) is 0 Å². The highest BCUT2D eigenvalue weighted by Gasteiger charge is 2.59. The number of rotatable bonds is 2. The minimum Gasteiger partial charge on any atom is -0.303 e. The van der Waals surface area contributed by atoms with Crippen molar-refractivity contribution in [3.63, 3.8) is 0 Å². The maximum atomic E-state index is 11.3. The molecule has 0 saturated heterocycles. The van der Waals surface area contributed by atoms with E-state index in [2.05, 4.69) is 20.8 Å². The molecule has 130 valence electrons. The largest absolute Gasteiger partial charge is 0.303 e. The summed E-state index contributed by atoms with van der Waals surface area (Å²) in [4.78, 5) is 11.3. The van der Waals surface area contributed by atoms with Crippen LogP contribution >= 0.6 is 0 Å². The van der Waals surface area contributed by atoms with Gasteiger partial charge in [-0.05, 0) is 98.2 Å². The van der Waals surface area contributed by atoms with E-state index in [1.165, 1.54) is 70.5 Å². The van der Waals surface area contributed by atoms with Crippen LogP contribution in [0.2, 0.25) is 0 Å². The van der Waals surface area contributed by atoms with Crippen LogP contribution in [0.4, 0.5) is 0 Å². The molecule has 0 aromatic rings. The molecular formula is C22H36O. The summed E-state index contributed by atoms with van der Waals surface area (Å²) in [7, 11) is 0. The summed E-state index contributed by atoms with van der Waals surface area (Å²) in [6.07, 6.45) is 15.2. The normalized spacial score (nSPS) is 55.6. The van der Waals surface area contributed by atoms with Gasteiger partial charge in [0, 0.05) is 5.92 Å². The SMILES string of the molecule is CC[C@H]1CC[C@H]2[C@@H]3CCC4CC(C=O)CC[C@]4(C)[C@H]3CC[C@]12C. The third-order valence-corrected chi connectivity index (χ3v) is 9.59. The van der Waals surface area contributed by atoms with Crippen LogP contribution in [0.3, 0.4) is 0 Å². The second kappa shape index (κ2) is 5.60. The first kappa shape index (κ1) is 16.2. The van der Waals surface area contributed by atoms with Crippen LogP contribution in [0.25, 0.3) is 0 Å². The number of fused-ring (bicyclic) bond motifs is 5. The van der Waals surface area contributed by atoms with E-state index in [0.717, 1.165) is 29.6 Å². The first-order chi connectivity index (χ1) is 11.0. The Balaban J connectivity index is 1.59. The van der Waals surface area contributed by atoms with Crippen LogP contribution in [-0.2, 0) is 4.79 Å². The van der Waals surface area contributed by atoms with Crippen LogP contribution in [0, 0.1) is 46.3 Å². The van der Waals surface area contributed by atoms with Crippen LogP contribution in [-0.4, -0.2) is 6.29 Å². The third kappa shape index (κ3) is 2.20. The van der Waals surface area contributed by atoms with Crippen molar-refractivity contribution < 1.29 is 4.79 Å². The van der Waals surface area contributed by atoms with Gasteiger partial charge in [-0.2, -0.15) is 0 Å². The van der Waals surface area contributed by atoms with Gasteiger partial charge < -0.3 is 4.79 Å². The van der Waals surface area contributed by atoms with Crippen molar-refractivity contribution in [3.8, 4) is 0 Å². The predicted molar refractivity (Wildman–Crippen MR) is 95.1 cm³/mol. The Kier molecular flexibility index (Phi) is 3.93. The number of carbonyl (C=O) groups excluding carboxylic acids is 1. The molecule has 1 nitrogen and oxygen atoms in total. The molecule has 2 unspecified atom stereocenters. The Labute approximate surface area is 143 Å². The topological polar surface area (TPSA) is 17.1 Å². The van der Waals surface area contributed by atoms with Gasteiger partial charge in [-0.15, -0.1) is 0 Å². The van der Waals surface area contributed by atoms with Gasteiger partial charge in [-0.1, -0.05) is 27.2 Å². The van der Waals surface area contributed by atoms with Gasteiger partial charge in [0.15, 0.2) is 0 Å². The average Bonchev–Trinajstić information content (AvgIpc) is 2.90. The summed E-state index contributed by atoms with van der Waals surface area (Å²) in [5, 5.41) is 0. The molecular weight excluding hydrogens is 280 g/mol. The maximum absolute atomic E-state index is 11.3. The van der Waals surface area contributed by atoms with E-state index >= 15 is 0 Å². The van der Waals surface area contributed by atoms with E-state index < -0.39 is 0 Å². The minimum atomic E-state index is 0.370. The molecule has 0 radical (unpaired) electrons. The molecule has 4 aliphatic carbocycles. The number of hydrogen-bond acceptors (Lipinski definition) is 1. The summed E-state index contributed by atoms with van der Waals surface area (Å²) in [5.41, 5.74) is 1.20. The second-order valence-electron chi connectivity index (χ2n) is 10.1. The molecule has 0 N–H and O–H groups in total. The van der Waals surface area contributed by atoms with E-state index in [4.69, 9.17) is 0 Å². The van der Waals surface area contributed by atoms with Gasteiger partial charge in [0.1, 0.15) is 6.29 Å². The predicted octanol–water partition coefficient (Wildman–Crippen LogP) is 5.87. The van der Waals surface area contributed by atoms with E-state index in [-0.39, 0.29) is 0 Å². The molecule has 1 heteroatoms. The highest BCUT2D eigenvalue weighted by Crippen LogP contribution is 2.67. The Morgan fingerprint density at radius 3 is 2.39 bits per heavy atom. The van der Waals surface area contributed by atoms with Gasteiger partial charge in [0.05, 0.1) is 0 Å². The minimum absolute atomic E-state index is 0.370. The quantitative estimate of drug-likeness (QED) is 0.582. The molecule has 4 saturated carbocycles. The average molecular weight is 317 g/mol. The fourth-order valence-corrected chi connectivity index (χ4v) is 8.19. The monoisotopic (exact) mass is 316 g/mol. The fraction of sp³-hybridized carbons (Fsp3) is 0.955. The van der Waals surface area contributed by atoms with Crippen molar-refractivity contribution in [2.24, 2.45) is 46.3 Å². The number of hydrogen-bond donors (Lipinski definition) is 0. The van der Waals surface area contributed by atoms with Crippen molar-refractivity contribution in [1.29, 1.82) is 0 Å². The van der Waals surface area contributed by atoms with E-state index in [1.807, 2.05) is 0 Å². The lowest BCUT2D eigenvalue weighted by atomic mass is 9.44. The van der Waals surface area contributed by atoms with Gasteiger partial charge in [0.25, 0.3) is 0 Å². The molecule has 0 spiro atoms. The van der Waals surface area contributed by atoms with E-state index in [0.29, 0.717) is 16.7 Å². The summed E-state index contributed by atoms with van der Waals surface area (Å²) >= 11 is 0. The molecule has 0 amide bonds. The molecule has 8 atom stereocenters. The van der Waals surface area contributed by atoms with Gasteiger partial charge >= 0.3 is 0 Å².